The van der Waals surface area contributed by atoms with Gasteiger partial charge in [0.05, 0.1) is 7.11 Å². The third kappa shape index (κ3) is 5.41. The van der Waals surface area contributed by atoms with Gasteiger partial charge in [0.2, 0.25) is 0 Å². The Morgan fingerprint density at radius 1 is 0.889 bits per heavy atom. The molecule has 0 fully saturated rings. The van der Waals surface area contributed by atoms with Crippen molar-refractivity contribution in [2.75, 3.05) is 21.3 Å². The lowest BCUT2D eigenvalue weighted by atomic mass is 9.84. The normalized spacial score (nSPS) is 12.9. The van der Waals surface area contributed by atoms with Gasteiger partial charge < -0.3 is 14.2 Å². The van der Waals surface area contributed by atoms with E-state index in [1.807, 2.05) is 0 Å². The zero-order chi connectivity index (χ0) is 20.0. The summed E-state index contributed by atoms with van der Waals surface area (Å²) in [6.07, 6.45) is -0.194. The molecule has 0 aliphatic heterocycles. The van der Waals surface area contributed by atoms with Crippen LogP contribution in [0.3, 0.4) is 0 Å². The highest BCUT2D eigenvalue weighted by Gasteiger charge is 2.27. The molecule has 0 aliphatic rings. The number of hydrogen-bond acceptors (Lipinski definition) is 4. The van der Waals surface area contributed by atoms with Crippen LogP contribution in [0.5, 0.6) is 5.75 Å². The smallest absolute Gasteiger partial charge is 0.164 e. The number of hydrogen-bond donors (Lipinski definition) is 0. The molecule has 2 aromatic rings. The highest BCUT2D eigenvalue weighted by molar-refractivity contribution is 5.96. The average Bonchev–Trinajstić information content (AvgIpc) is 2.67. The number of benzene rings is 2. The number of Topliss-reactive ketones (excluding diaryl/α,β-unsaturated/α-hetero) is 1. The van der Waals surface area contributed by atoms with Crippen molar-refractivity contribution in [2.24, 2.45) is 0 Å². The van der Waals surface area contributed by atoms with E-state index in [1.165, 1.54) is 5.56 Å². The van der Waals surface area contributed by atoms with Crippen molar-refractivity contribution < 1.29 is 19.0 Å². The van der Waals surface area contributed by atoms with Gasteiger partial charge in [0.1, 0.15) is 5.75 Å². The molecule has 146 valence electrons. The molecule has 0 heterocycles. The van der Waals surface area contributed by atoms with E-state index in [1.54, 1.807) is 45.6 Å². The quantitative estimate of drug-likeness (QED) is 0.486. The van der Waals surface area contributed by atoms with Gasteiger partial charge in [-0.05, 0) is 40.8 Å². The molecule has 0 aliphatic carbocycles. The first kappa shape index (κ1) is 21.1. The minimum Gasteiger partial charge on any atom is -0.497 e. The Kier molecular flexibility index (Phi) is 7.17. The molecule has 0 amide bonds. The van der Waals surface area contributed by atoms with Gasteiger partial charge in [-0.2, -0.15) is 0 Å². The fourth-order valence-electron chi connectivity index (χ4n) is 3.12. The third-order valence-electron chi connectivity index (χ3n) is 4.82. The van der Waals surface area contributed by atoms with Gasteiger partial charge in [0, 0.05) is 32.1 Å². The summed E-state index contributed by atoms with van der Waals surface area (Å²) in [5.74, 6) is 0.581. The predicted molar refractivity (Wildman–Crippen MR) is 108 cm³/mol. The van der Waals surface area contributed by atoms with E-state index in [4.69, 9.17) is 14.2 Å². The molecule has 0 N–H and O–H groups in total. The lowest BCUT2D eigenvalue weighted by Gasteiger charge is -2.26. The second-order valence-corrected chi connectivity index (χ2v) is 7.67. The van der Waals surface area contributed by atoms with Crippen LogP contribution >= 0.6 is 0 Å². The fourth-order valence-corrected chi connectivity index (χ4v) is 3.12. The maximum Gasteiger partial charge on any atom is 0.164 e. The molecule has 0 bridgehead atoms. The van der Waals surface area contributed by atoms with Gasteiger partial charge in [-0.1, -0.05) is 45.0 Å². The molecule has 1 unspecified atom stereocenters. The number of ether oxygens (including phenoxy) is 3. The Hall–Kier alpha value is -2.17. The minimum absolute atomic E-state index is 0.0432. The Morgan fingerprint density at radius 3 is 1.89 bits per heavy atom. The first-order valence-corrected chi connectivity index (χ1v) is 9.13. The van der Waals surface area contributed by atoms with E-state index < -0.39 is 6.29 Å². The molecule has 0 saturated carbocycles. The van der Waals surface area contributed by atoms with Crippen molar-refractivity contribution in [3.8, 4) is 5.75 Å². The summed E-state index contributed by atoms with van der Waals surface area (Å²) in [6, 6.07) is 15.5. The van der Waals surface area contributed by atoms with Gasteiger partial charge in [0.15, 0.2) is 12.1 Å². The van der Waals surface area contributed by atoms with Crippen LogP contribution in [0.15, 0.2) is 48.5 Å². The first-order valence-electron chi connectivity index (χ1n) is 9.13. The fraction of sp³-hybridized carbons (Fsp3) is 0.435. The van der Waals surface area contributed by atoms with Gasteiger partial charge in [-0.3, -0.25) is 4.79 Å². The van der Waals surface area contributed by atoms with Crippen molar-refractivity contribution in [3.05, 3.63) is 65.2 Å². The number of carbonyl (C=O) groups excluding carboxylic acids is 1. The molecule has 0 aromatic heterocycles. The van der Waals surface area contributed by atoms with Crippen LogP contribution in [-0.2, 0) is 14.9 Å². The van der Waals surface area contributed by atoms with Crippen LogP contribution in [0.25, 0.3) is 0 Å². The standard InChI is InChI=1S/C23H30O4/c1-23(2,3)18-11-7-16(8-12-18)20(22(26-5)27-6)15-21(24)17-9-13-19(25-4)14-10-17/h7-14,20,22H,15H2,1-6H3. The van der Waals surface area contributed by atoms with Crippen molar-refractivity contribution in [1.82, 2.24) is 0 Å². The molecular formula is C23H30O4. The highest BCUT2D eigenvalue weighted by atomic mass is 16.7. The molecule has 2 rings (SSSR count). The maximum absolute atomic E-state index is 12.8. The Balaban J connectivity index is 2.27. The summed E-state index contributed by atoms with van der Waals surface area (Å²) in [6.45, 7) is 6.54. The first-order chi connectivity index (χ1) is 12.8. The minimum atomic E-state index is -0.493. The van der Waals surface area contributed by atoms with E-state index in [-0.39, 0.29) is 17.1 Å². The molecule has 0 saturated heterocycles. The number of methoxy groups -OCH3 is 3. The second kappa shape index (κ2) is 9.16. The summed E-state index contributed by atoms with van der Waals surface area (Å²) >= 11 is 0. The highest BCUT2D eigenvalue weighted by Crippen LogP contribution is 2.30. The van der Waals surface area contributed by atoms with E-state index >= 15 is 0 Å². The van der Waals surface area contributed by atoms with Crippen molar-refractivity contribution >= 4 is 5.78 Å². The molecule has 0 radical (unpaired) electrons. The Bertz CT molecular complexity index is 722. The molecule has 27 heavy (non-hydrogen) atoms. The van der Waals surface area contributed by atoms with Gasteiger partial charge >= 0.3 is 0 Å². The summed E-state index contributed by atoms with van der Waals surface area (Å²) in [7, 11) is 4.81. The molecular weight excluding hydrogens is 340 g/mol. The number of ketones is 1. The van der Waals surface area contributed by atoms with Gasteiger partial charge in [-0.15, -0.1) is 0 Å². The molecule has 4 heteroatoms. The Labute approximate surface area is 162 Å². The largest absolute Gasteiger partial charge is 0.497 e. The molecule has 4 nitrogen and oxygen atoms in total. The maximum atomic E-state index is 12.8. The second-order valence-electron chi connectivity index (χ2n) is 7.67. The van der Waals surface area contributed by atoms with Crippen LogP contribution in [0.4, 0.5) is 0 Å². The summed E-state index contributed by atoms with van der Waals surface area (Å²) < 4.78 is 16.1. The predicted octanol–water partition coefficient (Wildman–Crippen LogP) is 4.97. The lowest BCUT2D eigenvalue weighted by molar-refractivity contribution is -0.117. The molecule has 1 atom stereocenters. The van der Waals surface area contributed by atoms with Gasteiger partial charge in [-0.25, -0.2) is 0 Å². The summed E-state index contributed by atoms with van der Waals surface area (Å²) in [5, 5.41) is 0. The van der Waals surface area contributed by atoms with E-state index in [9.17, 15) is 4.79 Å². The third-order valence-corrected chi connectivity index (χ3v) is 4.82. The van der Waals surface area contributed by atoms with E-state index in [0.717, 1.165) is 11.3 Å². The molecule has 2 aromatic carbocycles. The van der Waals surface area contributed by atoms with Gasteiger partial charge in [0.25, 0.3) is 0 Å². The van der Waals surface area contributed by atoms with Crippen LogP contribution in [-0.4, -0.2) is 33.4 Å². The van der Waals surface area contributed by atoms with Crippen LogP contribution < -0.4 is 4.74 Å². The monoisotopic (exact) mass is 370 g/mol. The van der Waals surface area contributed by atoms with Crippen molar-refractivity contribution in [3.63, 3.8) is 0 Å². The number of carbonyl (C=O) groups is 1. The lowest BCUT2D eigenvalue weighted by Crippen LogP contribution is -2.25. The zero-order valence-corrected chi connectivity index (χ0v) is 17.1. The topological polar surface area (TPSA) is 44.8 Å². The zero-order valence-electron chi connectivity index (χ0n) is 17.1. The summed E-state index contributed by atoms with van der Waals surface area (Å²) in [4.78, 5) is 12.8. The number of rotatable bonds is 8. The summed E-state index contributed by atoms with van der Waals surface area (Å²) in [5.41, 5.74) is 3.00. The molecule has 0 spiro atoms. The average molecular weight is 370 g/mol. The van der Waals surface area contributed by atoms with Crippen LogP contribution in [0.1, 0.15) is 54.6 Å². The van der Waals surface area contributed by atoms with Crippen molar-refractivity contribution in [2.45, 2.75) is 44.8 Å². The van der Waals surface area contributed by atoms with E-state index in [2.05, 4.69) is 45.0 Å². The van der Waals surface area contributed by atoms with Crippen LogP contribution in [0.2, 0.25) is 0 Å². The van der Waals surface area contributed by atoms with E-state index in [0.29, 0.717) is 12.0 Å². The Morgan fingerprint density at radius 2 is 1.44 bits per heavy atom. The van der Waals surface area contributed by atoms with Crippen molar-refractivity contribution in [1.29, 1.82) is 0 Å². The van der Waals surface area contributed by atoms with Crippen LogP contribution in [0, 0.1) is 0 Å². The SMILES string of the molecule is COc1ccc(C(=O)CC(c2ccc(C(C)(C)C)cc2)C(OC)OC)cc1.